The van der Waals surface area contributed by atoms with Crippen LogP contribution in [-0.2, 0) is 0 Å². The van der Waals surface area contributed by atoms with Crippen LogP contribution >= 0.6 is 0 Å². The molecule has 0 fully saturated rings. The Morgan fingerprint density at radius 3 is 2.15 bits per heavy atom. The van der Waals surface area contributed by atoms with E-state index in [9.17, 15) is 0 Å². The average Bonchev–Trinajstić information content (AvgIpc) is 2.51. The van der Waals surface area contributed by atoms with Crippen molar-refractivity contribution in [2.75, 3.05) is 11.1 Å². The van der Waals surface area contributed by atoms with Crippen LogP contribution < -0.4 is 11.1 Å². The summed E-state index contributed by atoms with van der Waals surface area (Å²) in [7, 11) is 0. The van der Waals surface area contributed by atoms with Crippen molar-refractivity contribution in [1.29, 1.82) is 0 Å². The summed E-state index contributed by atoms with van der Waals surface area (Å²) in [5.41, 5.74) is 9.23. The van der Waals surface area contributed by atoms with Crippen molar-refractivity contribution >= 4 is 17.2 Å². The first-order valence-corrected chi connectivity index (χ1v) is 6.33. The van der Waals surface area contributed by atoms with Gasteiger partial charge >= 0.3 is 0 Å². The van der Waals surface area contributed by atoms with E-state index in [1.165, 1.54) is 0 Å². The van der Waals surface area contributed by atoms with Gasteiger partial charge in [-0.2, -0.15) is 0 Å². The fourth-order valence-corrected chi connectivity index (χ4v) is 1.88. The number of nitrogens with one attached hydrogen (secondary N) is 1. The van der Waals surface area contributed by atoms with E-state index in [1.807, 2.05) is 66.7 Å². The van der Waals surface area contributed by atoms with Gasteiger partial charge in [-0.1, -0.05) is 30.3 Å². The maximum Gasteiger partial charge on any atom is 0.153 e. The summed E-state index contributed by atoms with van der Waals surface area (Å²) >= 11 is 0. The monoisotopic (exact) mass is 262 g/mol. The van der Waals surface area contributed by atoms with E-state index in [0.717, 1.165) is 22.6 Å². The van der Waals surface area contributed by atoms with Gasteiger partial charge in [-0.25, -0.2) is 0 Å². The second-order valence-corrected chi connectivity index (χ2v) is 4.42. The summed E-state index contributed by atoms with van der Waals surface area (Å²) in [6.45, 7) is 0. The second kappa shape index (κ2) is 5.40. The third kappa shape index (κ3) is 2.75. The van der Waals surface area contributed by atoms with E-state index in [1.54, 1.807) is 0 Å². The van der Waals surface area contributed by atoms with Gasteiger partial charge < -0.3 is 11.1 Å². The lowest BCUT2D eigenvalue weighted by Crippen LogP contribution is -1.96. The number of benzene rings is 2. The lowest BCUT2D eigenvalue weighted by molar-refractivity contribution is 1.04. The van der Waals surface area contributed by atoms with Crippen LogP contribution in [0.25, 0.3) is 11.3 Å². The van der Waals surface area contributed by atoms with Gasteiger partial charge in [-0.3, -0.25) is 0 Å². The molecule has 0 bridgehead atoms. The zero-order valence-electron chi connectivity index (χ0n) is 10.8. The Bertz CT molecular complexity index is 676. The van der Waals surface area contributed by atoms with Crippen molar-refractivity contribution in [2.24, 2.45) is 0 Å². The van der Waals surface area contributed by atoms with Crippen LogP contribution in [0.3, 0.4) is 0 Å². The summed E-state index contributed by atoms with van der Waals surface area (Å²) < 4.78 is 0. The Hall–Kier alpha value is -2.88. The van der Waals surface area contributed by atoms with Crippen LogP contribution in [0.5, 0.6) is 0 Å². The number of hydrogen-bond donors (Lipinski definition) is 2. The van der Waals surface area contributed by atoms with E-state index in [-0.39, 0.29) is 0 Å². The lowest BCUT2D eigenvalue weighted by Gasteiger charge is -2.06. The normalized spacial score (nSPS) is 10.2. The standard InChI is InChI=1S/C16H14N4/c17-13-6-8-14(9-7-13)18-16-11-10-15(19-20-16)12-4-2-1-3-5-12/h1-11H,17H2,(H,18,20). The molecule has 20 heavy (non-hydrogen) atoms. The maximum absolute atomic E-state index is 5.65. The first-order valence-electron chi connectivity index (χ1n) is 6.33. The molecule has 0 aliphatic heterocycles. The number of rotatable bonds is 3. The minimum absolute atomic E-state index is 0.703. The molecule has 0 amide bonds. The molecule has 4 heteroatoms. The number of nitrogen functional groups attached to an aromatic ring is 1. The summed E-state index contributed by atoms with van der Waals surface area (Å²) in [5.74, 6) is 0.703. The van der Waals surface area contributed by atoms with Crippen molar-refractivity contribution in [1.82, 2.24) is 10.2 Å². The van der Waals surface area contributed by atoms with Gasteiger partial charge in [0.15, 0.2) is 5.82 Å². The van der Waals surface area contributed by atoms with Crippen molar-refractivity contribution in [2.45, 2.75) is 0 Å². The van der Waals surface area contributed by atoms with Crippen molar-refractivity contribution in [3.8, 4) is 11.3 Å². The molecule has 0 aliphatic carbocycles. The Labute approximate surface area is 117 Å². The molecule has 98 valence electrons. The molecule has 0 unspecified atom stereocenters. The van der Waals surface area contributed by atoms with Crippen molar-refractivity contribution in [3.63, 3.8) is 0 Å². The molecule has 0 saturated heterocycles. The molecule has 3 N–H and O–H groups in total. The third-order valence-electron chi connectivity index (χ3n) is 2.92. The molecule has 3 aromatic rings. The smallest absolute Gasteiger partial charge is 0.153 e. The quantitative estimate of drug-likeness (QED) is 0.709. The Balaban J connectivity index is 1.78. The van der Waals surface area contributed by atoms with Crippen molar-refractivity contribution < 1.29 is 0 Å². The number of hydrogen-bond acceptors (Lipinski definition) is 4. The molecule has 0 radical (unpaired) electrons. The average molecular weight is 262 g/mol. The number of anilines is 3. The summed E-state index contributed by atoms with van der Waals surface area (Å²) in [5, 5.41) is 11.6. The molecule has 4 nitrogen and oxygen atoms in total. The zero-order valence-corrected chi connectivity index (χ0v) is 10.8. The van der Waals surface area contributed by atoms with Gasteiger partial charge in [-0.15, -0.1) is 10.2 Å². The summed E-state index contributed by atoms with van der Waals surface area (Å²) in [6, 6.07) is 21.3. The van der Waals surface area contributed by atoms with Gasteiger partial charge in [0.1, 0.15) is 0 Å². The largest absolute Gasteiger partial charge is 0.399 e. The van der Waals surface area contributed by atoms with Gasteiger partial charge in [0.25, 0.3) is 0 Å². The SMILES string of the molecule is Nc1ccc(Nc2ccc(-c3ccccc3)nn2)cc1. The van der Waals surface area contributed by atoms with E-state index in [0.29, 0.717) is 5.82 Å². The van der Waals surface area contributed by atoms with E-state index < -0.39 is 0 Å². The first-order chi connectivity index (χ1) is 9.81. The van der Waals surface area contributed by atoms with E-state index in [2.05, 4.69) is 15.5 Å². The molecule has 1 aromatic heterocycles. The summed E-state index contributed by atoms with van der Waals surface area (Å²) in [6.07, 6.45) is 0. The molecule has 1 heterocycles. The topological polar surface area (TPSA) is 63.8 Å². The molecule has 0 saturated carbocycles. The maximum atomic E-state index is 5.65. The number of nitrogens with zero attached hydrogens (tertiary/aromatic N) is 2. The Morgan fingerprint density at radius 1 is 0.750 bits per heavy atom. The highest BCUT2D eigenvalue weighted by molar-refractivity contribution is 5.62. The highest BCUT2D eigenvalue weighted by atomic mass is 15.2. The fourth-order valence-electron chi connectivity index (χ4n) is 1.88. The van der Waals surface area contributed by atoms with Gasteiger partial charge in [0.2, 0.25) is 0 Å². The van der Waals surface area contributed by atoms with Crippen LogP contribution in [0.2, 0.25) is 0 Å². The van der Waals surface area contributed by atoms with Gasteiger partial charge in [-0.05, 0) is 36.4 Å². The molecule has 0 aliphatic rings. The molecule has 0 atom stereocenters. The predicted molar refractivity (Wildman–Crippen MR) is 81.6 cm³/mol. The van der Waals surface area contributed by atoms with Crippen LogP contribution in [0.1, 0.15) is 0 Å². The van der Waals surface area contributed by atoms with Gasteiger partial charge in [0, 0.05) is 16.9 Å². The number of nitrogens with two attached hydrogens (primary N) is 1. The predicted octanol–water partition coefficient (Wildman–Crippen LogP) is 3.47. The van der Waals surface area contributed by atoms with Gasteiger partial charge in [0.05, 0.1) is 5.69 Å². The van der Waals surface area contributed by atoms with Crippen LogP contribution in [0.15, 0.2) is 66.7 Å². The van der Waals surface area contributed by atoms with E-state index >= 15 is 0 Å². The third-order valence-corrected chi connectivity index (χ3v) is 2.92. The first kappa shape index (κ1) is 12.2. The van der Waals surface area contributed by atoms with E-state index in [4.69, 9.17) is 5.73 Å². The van der Waals surface area contributed by atoms with Crippen molar-refractivity contribution in [3.05, 3.63) is 66.7 Å². The van der Waals surface area contributed by atoms with Crippen LogP contribution in [0.4, 0.5) is 17.2 Å². The molecule has 0 spiro atoms. The summed E-state index contributed by atoms with van der Waals surface area (Å²) in [4.78, 5) is 0. The minimum Gasteiger partial charge on any atom is -0.399 e. The number of aromatic nitrogens is 2. The van der Waals surface area contributed by atoms with Crippen LogP contribution in [-0.4, -0.2) is 10.2 Å². The lowest BCUT2D eigenvalue weighted by atomic mass is 10.1. The fraction of sp³-hybridized carbons (Fsp3) is 0. The highest BCUT2D eigenvalue weighted by Crippen LogP contribution is 2.19. The molecule has 3 rings (SSSR count). The Morgan fingerprint density at radius 2 is 1.50 bits per heavy atom. The van der Waals surface area contributed by atoms with Crippen LogP contribution in [0, 0.1) is 0 Å². The highest BCUT2D eigenvalue weighted by Gasteiger charge is 2.00. The second-order valence-electron chi connectivity index (χ2n) is 4.42. The molecule has 2 aromatic carbocycles. The zero-order chi connectivity index (χ0) is 13.8. The Kier molecular flexibility index (Phi) is 3.29. The minimum atomic E-state index is 0.703. The molecular formula is C16H14N4. The molecular weight excluding hydrogens is 248 g/mol.